The number of H-pyrrole nitrogens is 1. The van der Waals surface area contributed by atoms with E-state index < -0.39 is 0 Å². The van der Waals surface area contributed by atoms with E-state index in [1.807, 2.05) is 25.2 Å². The third-order valence-electron chi connectivity index (χ3n) is 2.37. The summed E-state index contributed by atoms with van der Waals surface area (Å²) in [5.41, 5.74) is 4.64. The molecule has 0 aliphatic rings. The van der Waals surface area contributed by atoms with E-state index in [9.17, 15) is 0 Å². The topological polar surface area (TPSA) is 15.8 Å². The lowest BCUT2D eigenvalue weighted by molar-refractivity contribution is 1.32. The van der Waals surface area contributed by atoms with Crippen molar-refractivity contribution in [2.24, 2.45) is 0 Å². The largest absolute Gasteiger partial charge is 0.354 e. The van der Waals surface area contributed by atoms with E-state index in [0.29, 0.717) is 0 Å². The average molecular weight is 325 g/mol. The fourth-order valence-electron chi connectivity index (χ4n) is 1.62. The molecule has 16 heavy (non-hydrogen) atoms. The molecule has 0 aromatic carbocycles. The highest BCUT2D eigenvalue weighted by atomic mass is 127. The van der Waals surface area contributed by atoms with Gasteiger partial charge >= 0.3 is 0 Å². The van der Waals surface area contributed by atoms with Gasteiger partial charge in [0.15, 0.2) is 0 Å². The molecule has 0 saturated heterocycles. The molecule has 0 unspecified atom stereocenters. The molecule has 1 aromatic heterocycles. The summed E-state index contributed by atoms with van der Waals surface area (Å²) in [6.45, 7) is 11.7. The first-order chi connectivity index (χ1) is 7.65. The van der Waals surface area contributed by atoms with E-state index in [0.717, 1.165) is 15.0 Å². The van der Waals surface area contributed by atoms with Crippen molar-refractivity contribution in [2.75, 3.05) is 0 Å². The van der Waals surface area contributed by atoms with Gasteiger partial charge in [0.05, 0.1) is 5.69 Å². The zero-order valence-corrected chi connectivity index (χ0v) is 11.8. The molecule has 1 heterocycles. The van der Waals surface area contributed by atoms with E-state index in [2.05, 4.69) is 53.7 Å². The summed E-state index contributed by atoms with van der Waals surface area (Å²) < 4.78 is 1.16. The Morgan fingerprint density at radius 3 is 2.56 bits per heavy atom. The summed E-state index contributed by atoms with van der Waals surface area (Å²) in [4.78, 5) is 3.40. The highest BCUT2D eigenvalue weighted by molar-refractivity contribution is 14.1. The molecular weight excluding hydrogens is 309 g/mol. The predicted molar refractivity (Wildman–Crippen MR) is 82.5 cm³/mol. The van der Waals surface area contributed by atoms with Crippen molar-refractivity contribution in [2.45, 2.75) is 13.8 Å². The Hall–Kier alpha value is -1.03. The summed E-state index contributed by atoms with van der Waals surface area (Å²) in [6, 6.07) is 0. The number of allylic oxidation sites excluding steroid dienone is 3. The Balaban J connectivity index is 3.38. The van der Waals surface area contributed by atoms with Gasteiger partial charge in [-0.25, -0.2) is 0 Å². The number of hydrogen-bond donors (Lipinski definition) is 1. The van der Waals surface area contributed by atoms with Crippen molar-refractivity contribution < 1.29 is 0 Å². The minimum Gasteiger partial charge on any atom is -0.354 e. The van der Waals surface area contributed by atoms with Crippen LogP contribution in [0.4, 0.5) is 0 Å². The molecule has 0 radical (unpaired) electrons. The number of halogens is 1. The van der Waals surface area contributed by atoms with Gasteiger partial charge in [0.2, 0.25) is 0 Å². The van der Waals surface area contributed by atoms with Crippen LogP contribution in [-0.2, 0) is 0 Å². The number of rotatable bonds is 4. The van der Waals surface area contributed by atoms with Gasteiger partial charge in [-0.1, -0.05) is 31.4 Å². The quantitative estimate of drug-likeness (QED) is 0.595. The molecule has 0 aliphatic carbocycles. The summed E-state index contributed by atoms with van der Waals surface area (Å²) >= 11 is 2.31. The Morgan fingerprint density at radius 2 is 2.06 bits per heavy atom. The number of aromatic nitrogens is 1. The van der Waals surface area contributed by atoms with Crippen molar-refractivity contribution in [1.82, 2.24) is 4.98 Å². The van der Waals surface area contributed by atoms with Crippen LogP contribution in [0.1, 0.15) is 29.4 Å². The minimum absolute atomic E-state index is 1.11. The van der Waals surface area contributed by atoms with Crippen molar-refractivity contribution in [1.29, 1.82) is 0 Å². The van der Waals surface area contributed by atoms with Gasteiger partial charge in [0.1, 0.15) is 0 Å². The summed E-state index contributed by atoms with van der Waals surface area (Å²) in [5.74, 6) is 0. The summed E-state index contributed by atoms with van der Waals surface area (Å²) in [7, 11) is 0. The van der Waals surface area contributed by atoms with Gasteiger partial charge in [-0.15, -0.1) is 0 Å². The molecule has 1 rings (SSSR count). The molecule has 0 fully saturated rings. The number of hydrogen-bond acceptors (Lipinski definition) is 0. The van der Waals surface area contributed by atoms with Gasteiger partial charge in [0.25, 0.3) is 0 Å². The Kier molecular flexibility index (Phi) is 4.80. The van der Waals surface area contributed by atoms with Crippen LogP contribution in [0.3, 0.4) is 0 Å². The smallest absolute Gasteiger partial charge is 0.0556 e. The third-order valence-corrected chi connectivity index (χ3v) is 3.27. The van der Waals surface area contributed by atoms with Gasteiger partial charge in [-0.3, -0.25) is 0 Å². The van der Waals surface area contributed by atoms with E-state index in [1.54, 1.807) is 6.08 Å². The number of aromatic amines is 1. The highest BCUT2D eigenvalue weighted by Gasteiger charge is 2.11. The van der Waals surface area contributed by atoms with Gasteiger partial charge in [-0.05, 0) is 54.2 Å². The maximum absolute atomic E-state index is 3.86. The second-order valence-corrected chi connectivity index (χ2v) is 4.57. The fraction of sp³-hybridized carbons (Fsp3) is 0.143. The van der Waals surface area contributed by atoms with Crippen LogP contribution in [0.15, 0.2) is 31.4 Å². The van der Waals surface area contributed by atoms with Crippen molar-refractivity contribution >= 4 is 38.3 Å². The molecule has 1 N–H and O–H groups in total. The molecule has 0 spiro atoms. The molecular formula is C14H16IN. The molecule has 0 bridgehead atoms. The van der Waals surface area contributed by atoms with Crippen LogP contribution in [0, 0.1) is 6.92 Å². The second kappa shape index (κ2) is 5.89. The van der Waals surface area contributed by atoms with Crippen LogP contribution in [-0.4, -0.2) is 4.98 Å². The molecule has 2 heteroatoms. The maximum Gasteiger partial charge on any atom is 0.0556 e. The molecule has 0 aliphatic heterocycles. The van der Waals surface area contributed by atoms with E-state index in [1.165, 1.54) is 11.1 Å². The Bertz CT molecular complexity index is 461. The second-order valence-electron chi connectivity index (χ2n) is 3.41. The summed E-state index contributed by atoms with van der Waals surface area (Å²) in [5, 5.41) is 0. The lowest BCUT2D eigenvalue weighted by Gasteiger charge is -1.97. The number of nitrogens with one attached hydrogen (secondary N) is 1. The zero-order chi connectivity index (χ0) is 12.1. The average Bonchev–Trinajstić information content (AvgIpc) is 2.56. The zero-order valence-electron chi connectivity index (χ0n) is 9.68. The molecule has 0 atom stereocenters. The Labute approximate surface area is 111 Å². The Morgan fingerprint density at radius 1 is 1.38 bits per heavy atom. The molecule has 0 amide bonds. The van der Waals surface area contributed by atoms with E-state index in [4.69, 9.17) is 0 Å². The third kappa shape index (κ3) is 2.55. The van der Waals surface area contributed by atoms with E-state index >= 15 is 0 Å². The van der Waals surface area contributed by atoms with Crippen LogP contribution >= 0.6 is 22.6 Å². The first-order valence-corrected chi connectivity index (χ1v) is 6.19. The first kappa shape index (κ1) is 13.0. The fourth-order valence-corrected chi connectivity index (χ4v) is 2.41. The monoisotopic (exact) mass is 325 g/mol. The minimum atomic E-state index is 1.11. The lowest BCUT2D eigenvalue weighted by atomic mass is 10.1. The lowest BCUT2D eigenvalue weighted by Crippen LogP contribution is -1.80. The molecule has 1 aromatic rings. The predicted octanol–water partition coefficient (Wildman–Crippen LogP) is 4.96. The van der Waals surface area contributed by atoms with Crippen LogP contribution < -0.4 is 0 Å². The summed E-state index contributed by atoms with van der Waals surface area (Å²) in [6.07, 6.45) is 9.76. The molecule has 84 valence electrons. The van der Waals surface area contributed by atoms with Gasteiger partial charge < -0.3 is 4.98 Å². The highest BCUT2D eigenvalue weighted by Crippen LogP contribution is 2.29. The van der Waals surface area contributed by atoms with Crippen molar-refractivity contribution in [3.8, 4) is 0 Å². The SMILES string of the molecule is C=C/C=C(/I)c1[nH]c(/C=C\C)c(C=C)c1C. The normalized spacial score (nSPS) is 12.1. The van der Waals surface area contributed by atoms with E-state index in [-0.39, 0.29) is 0 Å². The van der Waals surface area contributed by atoms with Crippen LogP contribution in [0.5, 0.6) is 0 Å². The van der Waals surface area contributed by atoms with Gasteiger partial charge in [0, 0.05) is 14.8 Å². The maximum atomic E-state index is 3.86. The molecule has 0 saturated carbocycles. The van der Waals surface area contributed by atoms with Crippen LogP contribution in [0.2, 0.25) is 0 Å². The van der Waals surface area contributed by atoms with Gasteiger partial charge in [-0.2, -0.15) is 0 Å². The standard InChI is InChI=1S/C14H16IN/c1-5-8-12(15)14-10(4)11(7-3)13(16-14)9-6-2/h5-9,16H,1,3H2,2,4H3/b9-6-,12-8+. The van der Waals surface area contributed by atoms with Crippen LogP contribution in [0.25, 0.3) is 15.7 Å². The molecule has 1 nitrogen and oxygen atoms in total. The van der Waals surface area contributed by atoms with Crippen molar-refractivity contribution in [3.05, 3.63) is 53.9 Å². The van der Waals surface area contributed by atoms with Crippen molar-refractivity contribution in [3.63, 3.8) is 0 Å². The first-order valence-electron chi connectivity index (χ1n) is 5.12.